The van der Waals surface area contributed by atoms with Gasteiger partial charge in [0.05, 0.1) is 20.3 Å². The second kappa shape index (κ2) is 7.14. The first-order valence-corrected chi connectivity index (χ1v) is 7.09. The second-order valence-electron chi connectivity index (χ2n) is 5.13. The average molecular weight is 286 g/mol. The van der Waals surface area contributed by atoms with E-state index in [1.165, 1.54) is 5.56 Å². The number of aryl methyl sites for hydroxylation is 2. The van der Waals surface area contributed by atoms with Crippen LogP contribution in [-0.2, 0) is 6.42 Å². The zero-order valence-corrected chi connectivity index (χ0v) is 12.8. The topological polar surface area (TPSA) is 38.7 Å². The summed E-state index contributed by atoms with van der Waals surface area (Å²) in [5, 5.41) is 10.3. The molecule has 0 amide bonds. The number of benzene rings is 2. The van der Waals surface area contributed by atoms with E-state index in [4.69, 9.17) is 9.47 Å². The van der Waals surface area contributed by atoms with Crippen LogP contribution in [0.3, 0.4) is 0 Å². The maximum atomic E-state index is 10.3. The molecule has 21 heavy (non-hydrogen) atoms. The molecule has 0 spiro atoms. The van der Waals surface area contributed by atoms with Crippen molar-refractivity contribution in [3.63, 3.8) is 0 Å². The summed E-state index contributed by atoms with van der Waals surface area (Å²) in [6.45, 7) is 1.99. The first-order valence-electron chi connectivity index (χ1n) is 7.09. The van der Waals surface area contributed by atoms with Crippen molar-refractivity contribution in [1.29, 1.82) is 0 Å². The zero-order valence-electron chi connectivity index (χ0n) is 12.8. The molecule has 0 aliphatic rings. The van der Waals surface area contributed by atoms with Crippen LogP contribution in [0.1, 0.15) is 29.2 Å². The van der Waals surface area contributed by atoms with Crippen LogP contribution in [0.25, 0.3) is 0 Å². The molecular weight excluding hydrogens is 264 g/mol. The quantitative estimate of drug-likeness (QED) is 0.880. The smallest absolute Gasteiger partial charge is 0.122 e. The Morgan fingerprint density at radius 2 is 1.71 bits per heavy atom. The molecule has 0 saturated carbocycles. The van der Waals surface area contributed by atoms with Gasteiger partial charge in [-0.25, -0.2) is 0 Å². The number of ether oxygens (including phenoxy) is 2. The van der Waals surface area contributed by atoms with Gasteiger partial charge in [0.25, 0.3) is 0 Å². The van der Waals surface area contributed by atoms with E-state index in [0.29, 0.717) is 6.42 Å². The number of aliphatic hydroxyl groups excluding tert-OH is 1. The van der Waals surface area contributed by atoms with Gasteiger partial charge in [0.15, 0.2) is 0 Å². The highest BCUT2D eigenvalue weighted by molar-refractivity contribution is 5.37. The molecule has 2 aromatic carbocycles. The second-order valence-corrected chi connectivity index (χ2v) is 5.13. The third-order valence-corrected chi connectivity index (χ3v) is 3.68. The van der Waals surface area contributed by atoms with Gasteiger partial charge in [-0.3, -0.25) is 0 Å². The molecule has 1 atom stereocenters. The molecule has 0 bridgehead atoms. The van der Waals surface area contributed by atoms with Crippen LogP contribution in [0.2, 0.25) is 0 Å². The predicted octanol–water partition coefficient (Wildman–Crippen LogP) is 3.68. The van der Waals surface area contributed by atoms with Crippen LogP contribution in [0.15, 0.2) is 42.5 Å². The van der Waals surface area contributed by atoms with Crippen LogP contribution < -0.4 is 9.47 Å². The number of hydrogen-bond acceptors (Lipinski definition) is 3. The van der Waals surface area contributed by atoms with Crippen molar-refractivity contribution in [2.75, 3.05) is 14.2 Å². The summed E-state index contributed by atoms with van der Waals surface area (Å²) >= 11 is 0. The minimum absolute atomic E-state index is 0.485. The SMILES string of the molecule is COc1ccc(CCC(O)c2ccc(C)c(OC)c2)cc1. The summed E-state index contributed by atoms with van der Waals surface area (Å²) in [4.78, 5) is 0. The number of rotatable bonds is 6. The zero-order chi connectivity index (χ0) is 15.2. The van der Waals surface area contributed by atoms with Gasteiger partial charge < -0.3 is 14.6 Å². The van der Waals surface area contributed by atoms with E-state index < -0.39 is 6.10 Å². The fraction of sp³-hybridized carbons (Fsp3) is 0.333. The molecular formula is C18H22O3. The molecule has 1 N–H and O–H groups in total. The van der Waals surface area contributed by atoms with Crippen LogP contribution in [0.4, 0.5) is 0 Å². The largest absolute Gasteiger partial charge is 0.497 e. The molecule has 0 aromatic heterocycles. The van der Waals surface area contributed by atoms with Gasteiger partial charge in [0.2, 0.25) is 0 Å². The normalized spacial score (nSPS) is 12.0. The Morgan fingerprint density at radius 1 is 1.00 bits per heavy atom. The number of hydrogen-bond donors (Lipinski definition) is 1. The summed E-state index contributed by atoms with van der Waals surface area (Å²) in [6, 6.07) is 13.8. The highest BCUT2D eigenvalue weighted by Crippen LogP contribution is 2.26. The van der Waals surface area contributed by atoms with Crippen LogP contribution in [0.5, 0.6) is 11.5 Å². The summed E-state index contributed by atoms with van der Waals surface area (Å²) < 4.78 is 10.4. The van der Waals surface area contributed by atoms with Gasteiger partial charge in [0.1, 0.15) is 11.5 Å². The molecule has 0 aliphatic heterocycles. The van der Waals surface area contributed by atoms with Gasteiger partial charge in [-0.15, -0.1) is 0 Å². The highest BCUT2D eigenvalue weighted by atomic mass is 16.5. The fourth-order valence-electron chi connectivity index (χ4n) is 2.31. The van der Waals surface area contributed by atoms with Crippen molar-refractivity contribution in [3.05, 3.63) is 59.2 Å². The Kier molecular flexibility index (Phi) is 5.23. The lowest BCUT2D eigenvalue weighted by molar-refractivity contribution is 0.167. The Bertz CT molecular complexity index is 576. The van der Waals surface area contributed by atoms with Crippen molar-refractivity contribution in [3.8, 4) is 11.5 Å². The minimum Gasteiger partial charge on any atom is -0.497 e. The Hall–Kier alpha value is -2.00. The van der Waals surface area contributed by atoms with E-state index in [9.17, 15) is 5.11 Å². The molecule has 0 aliphatic carbocycles. The maximum absolute atomic E-state index is 10.3. The van der Waals surface area contributed by atoms with Gasteiger partial charge in [0, 0.05) is 0 Å². The monoisotopic (exact) mass is 286 g/mol. The summed E-state index contributed by atoms with van der Waals surface area (Å²) in [5.41, 5.74) is 3.16. The third-order valence-electron chi connectivity index (χ3n) is 3.68. The molecule has 0 heterocycles. The molecule has 0 radical (unpaired) electrons. The highest BCUT2D eigenvalue weighted by Gasteiger charge is 2.10. The fourth-order valence-corrected chi connectivity index (χ4v) is 2.31. The lowest BCUT2D eigenvalue weighted by Gasteiger charge is -2.13. The molecule has 112 valence electrons. The van der Waals surface area contributed by atoms with Gasteiger partial charge in [-0.1, -0.05) is 24.3 Å². The average Bonchev–Trinajstić information content (AvgIpc) is 2.53. The van der Waals surface area contributed by atoms with Crippen LogP contribution in [0, 0.1) is 6.92 Å². The van der Waals surface area contributed by atoms with E-state index in [1.54, 1.807) is 14.2 Å². The first-order chi connectivity index (χ1) is 10.1. The standard InChI is InChI=1S/C18H22O3/c1-13-4-8-15(12-18(13)21-3)17(19)11-7-14-5-9-16(20-2)10-6-14/h4-6,8-10,12,17,19H,7,11H2,1-3H3. The third kappa shape index (κ3) is 3.99. The van der Waals surface area contributed by atoms with Gasteiger partial charge in [-0.05, 0) is 54.7 Å². The van der Waals surface area contributed by atoms with E-state index in [-0.39, 0.29) is 0 Å². The van der Waals surface area contributed by atoms with Crippen LogP contribution >= 0.6 is 0 Å². The summed E-state index contributed by atoms with van der Waals surface area (Å²) in [7, 11) is 3.30. The van der Waals surface area contributed by atoms with E-state index in [1.807, 2.05) is 49.4 Å². The number of methoxy groups -OCH3 is 2. The van der Waals surface area contributed by atoms with Crippen molar-refractivity contribution in [2.24, 2.45) is 0 Å². The molecule has 0 saturated heterocycles. The molecule has 0 fully saturated rings. The first kappa shape index (κ1) is 15.4. The van der Waals surface area contributed by atoms with Gasteiger partial charge in [-0.2, -0.15) is 0 Å². The predicted molar refractivity (Wildman–Crippen MR) is 84.0 cm³/mol. The van der Waals surface area contributed by atoms with E-state index in [0.717, 1.165) is 29.0 Å². The van der Waals surface area contributed by atoms with E-state index >= 15 is 0 Å². The number of aliphatic hydroxyl groups is 1. The summed E-state index contributed by atoms with van der Waals surface area (Å²) in [6.07, 6.45) is 1.02. The van der Waals surface area contributed by atoms with Crippen LogP contribution in [-0.4, -0.2) is 19.3 Å². The lowest BCUT2D eigenvalue weighted by Crippen LogP contribution is -2.01. The van der Waals surface area contributed by atoms with Crippen molar-refractivity contribution in [1.82, 2.24) is 0 Å². The molecule has 3 nitrogen and oxygen atoms in total. The van der Waals surface area contributed by atoms with Crippen molar-refractivity contribution in [2.45, 2.75) is 25.9 Å². The van der Waals surface area contributed by atoms with E-state index in [2.05, 4.69) is 0 Å². The Balaban J connectivity index is 1.98. The van der Waals surface area contributed by atoms with Crippen molar-refractivity contribution >= 4 is 0 Å². The molecule has 1 unspecified atom stereocenters. The Morgan fingerprint density at radius 3 is 2.33 bits per heavy atom. The molecule has 3 heteroatoms. The Labute approximate surface area is 126 Å². The summed E-state index contributed by atoms with van der Waals surface area (Å²) in [5.74, 6) is 1.67. The molecule has 2 aromatic rings. The minimum atomic E-state index is -0.485. The maximum Gasteiger partial charge on any atom is 0.122 e. The van der Waals surface area contributed by atoms with Gasteiger partial charge >= 0.3 is 0 Å². The molecule has 2 rings (SSSR count). The van der Waals surface area contributed by atoms with Crippen molar-refractivity contribution < 1.29 is 14.6 Å². The lowest BCUT2D eigenvalue weighted by atomic mass is 10.00.